The zero-order valence-electron chi connectivity index (χ0n) is 15.1. The maximum Gasteiger partial charge on any atom is 0.257 e. The van der Waals surface area contributed by atoms with Crippen LogP contribution in [0.15, 0.2) is 73.2 Å². The highest BCUT2D eigenvalue weighted by Gasteiger charge is 2.12. The average molecular weight is 389 g/mol. The Kier molecular flexibility index (Phi) is 4.91. The molecule has 0 unspecified atom stereocenters. The first-order valence-electron chi connectivity index (χ1n) is 8.73. The van der Waals surface area contributed by atoms with Gasteiger partial charge >= 0.3 is 0 Å². The second-order valence-electron chi connectivity index (χ2n) is 6.41. The van der Waals surface area contributed by atoms with Crippen molar-refractivity contribution in [3.05, 3.63) is 89.3 Å². The molecule has 0 saturated heterocycles. The van der Waals surface area contributed by atoms with E-state index < -0.39 is 0 Å². The number of anilines is 1. The summed E-state index contributed by atoms with van der Waals surface area (Å²) in [5.74, 6) is 0.408. The number of aromatic nitrogens is 3. The third-order valence-corrected chi connectivity index (χ3v) is 4.61. The molecule has 2 N–H and O–H groups in total. The molecule has 0 bridgehead atoms. The summed E-state index contributed by atoms with van der Waals surface area (Å²) < 4.78 is 0. The van der Waals surface area contributed by atoms with Gasteiger partial charge in [0.2, 0.25) is 0 Å². The fraction of sp³-hybridized carbons (Fsp3) is 0.0455. The highest BCUT2D eigenvalue weighted by molar-refractivity contribution is 6.33. The Morgan fingerprint density at radius 1 is 1.04 bits per heavy atom. The van der Waals surface area contributed by atoms with Crippen LogP contribution < -0.4 is 5.32 Å². The number of halogens is 1. The highest BCUT2D eigenvalue weighted by atomic mass is 35.5. The lowest BCUT2D eigenvalue weighted by molar-refractivity contribution is 0.102. The van der Waals surface area contributed by atoms with Gasteiger partial charge in [-0.15, -0.1) is 0 Å². The van der Waals surface area contributed by atoms with Gasteiger partial charge in [-0.05, 0) is 42.3 Å². The summed E-state index contributed by atoms with van der Waals surface area (Å²) in [6.45, 7) is 1.89. The molecular formula is C22H17ClN4O. The molecule has 1 amide bonds. The fourth-order valence-electron chi connectivity index (χ4n) is 2.89. The van der Waals surface area contributed by atoms with E-state index in [0.29, 0.717) is 27.7 Å². The summed E-state index contributed by atoms with van der Waals surface area (Å²) in [5.41, 5.74) is 4.70. The monoisotopic (exact) mass is 388 g/mol. The first-order chi connectivity index (χ1) is 13.6. The smallest absolute Gasteiger partial charge is 0.257 e. The van der Waals surface area contributed by atoms with Gasteiger partial charge in [0.25, 0.3) is 5.91 Å². The molecule has 0 aliphatic heterocycles. The minimum absolute atomic E-state index is 0.228. The number of nitrogens with zero attached hydrogens (tertiary/aromatic N) is 2. The third kappa shape index (κ3) is 3.80. The number of carbonyl (C=O) groups excluding carboxylic acids is 1. The van der Waals surface area contributed by atoms with Gasteiger partial charge in [-0.25, -0.2) is 4.98 Å². The average Bonchev–Trinajstić information content (AvgIpc) is 3.20. The van der Waals surface area contributed by atoms with Crippen LogP contribution in [0.3, 0.4) is 0 Å². The fourth-order valence-corrected chi connectivity index (χ4v) is 3.10. The van der Waals surface area contributed by atoms with Gasteiger partial charge in [0.15, 0.2) is 0 Å². The van der Waals surface area contributed by atoms with E-state index in [0.717, 1.165) is 16.8 Å². The van der Waals surface area contributed by atoms with Crippen LogP contribution in [0.5, 0.6) is 0 Å². The van der Waals surface area contributed by atoms with Gasteiger partial charge in [0, 0.05) is 23.6 Å². The molecule has 2 aromatic heterocycles. The topological polar surface area (TPSA) is 70.7 Å². The minimum atomic E-state index is -0.228. The van der Waals surface area contributed by atoms with Crippen LogP contribution in [0.4, 0.5) is 5.69 Å². The van der Waals surface area contributed by atoms with E-state index in [2.05, 4.69) is 20.3 Å². The summed E-state index contributed by atoms with van der Waals surface area (Å²) >= 11 is 6.38. The first kappa shape index (κ1) is 17.9. The lowest BCUT2D eigenvalue weighted by Gasteiger charge is -2.08. The second kappa shape index (κ2) is 7.66. The van der Waals surface area contributed by atoms with E-state index in [-0.39, 0.29) is 5.91 Å². The molecule has 28 heavy (non-hydrogen) atoms. The van der Waals surface area contributed by atoms with E-state index in [1.807, 2.05) is 37.3 Å². The standard InChI is InChI=1S/C22H17ClN4O/c1-14-9-16(12-24-11-14)22(28)26-17-7-8-19(23)18(10-17)21-25-13-20(27-21)15-5-3-2-4-6-15/h2-13H,1H3,(H,25,27)(H,26,28). The van der Waals surface area contributed by atoms with Crippen LogP contribution in [-0.2, 0) is 0 Å². The number of hydrogen-bond donors (Lipinski definition) is 2. The van der Waals surface area contributed by atoms with Crippen molar-refractivity contribution < 1.29 is 4.79 Å². The molecule has 4 aromatic rings. The van der Waals surface area contributed by atoms with Crippen molar-refractivity contribution in [3.63, 3.8) is 0 Å². The van der Waals surface area contributed by atoms with E-state index in [4.69, 9.17) is 11.6 Å². The van der Waals surface area contributed by atoms with Crippen molar-refractivity contribution >= 4 is 23.2 Å². The maximum absolute atomic E-state index is 12.5. The zero-order chi connectivity index (χ0) is 19.5. The molecule has 0 atom stereocenters. The SMILES string of the molecule is Cc1cncc(C(=O)Nc2ccc(Cl)c(-c3ncc(-c4ccccc4)[nH]3)c2)c1. The van der Waals surface area contributed by atoms with Crippen LogP contribution in [-0.4, -0.2) is 20.9 Å². The van der Waals surface area contributed by atoms with Gasteiger partial charge in [0.1, 0.15) is 5.82 Å². The Hall–Kier alpha value is -3.44. The molecule has 0 aliphatic carbocycles. The van der Waals surface area contributed by atoms with Crippen LogP contribution in [0.2, 0.25) is 5.02 Å². The molecule has 138 valence electrons. The van der Waals surface area contributed by atoms with Gasteiger partial charge in [-0.2, -0.15) is 0 Å². The predicted molar refractivity (Wildman–Crippen MR) is 111 cm³/mol. The molecule has 2 aromatic carbocycles. The summed E-state index contributed by atoms with van der Waals surface area (Å²) in [7, 11) is 0. The van der Waals surface area contributed by atoms with Gasteiger partial charge in [-0.1, -0.05) is 41.9 Å². The van der Waals surface area contributed by atoms with Crippen LogP contribution >= 0.6 is 11.6 Å². The predicted octanol–water partition coefficient (Wildman–Crippen LogP) is 5.35. The summed E-state index contributed by atoms with van der Waals surface area (Å²) in [6, 6.07) is 17.0. The molecule has 0 radical (unpaired) electrons. The van der Waals surface area contributed by atoms with Crippen LogP contribution in [0.25, 0.3) is 22.6 Å². The molecule has 2 heterocycles. The number of imidazole rings is 1. The Labute approximate surface area is 167 Å². The number of pyridine rings is 1. The molecule has 0 saturated carbocycles. The summed E-state index contributed by atoms with van der Waals surface area (Å²) in [4.78, 5) is 24.3. The second-order valence-corrected chi connectivity index (χ2v) is 6.82. The molecule has 0 fully saturated rings. The Morgan fingerprint density at radius 2 is 1.86 bits per heavy atom. The summed E-state index contributed by atoms with van der Waals surface area (Å²) in [6.07, 6.45) is 5.01. The largest absolute Gasteiger partial charge is 0.338 e. The minimum Gasteiger partial charge on any atom is -0.338 e. The van der Waals surface area contributed by atoms with E-state index in [1.165, 1.54) is 6.20 Å². The Bertz CT molecular complexity index is 1140. The molecular weight excluding hydrogens is 372 g/mol. The number of nitrogens with one attached hydrogen (secondary N) is 2. The number of carbonyl (C=O) groups is 1. The Balaban J connectivity index is 1.61. The van der Waals surface area contributed by atoms with Gasteiger partial charge in [0.05, 0.1) is 22.5 Å². The van der Waals surface area contributed by atoms with Gasteiger partial charge in [-0.3, -0.25) is 9.78 Å². The van der Waals surface area contributed by atoms with Crippen LogP contribution in [0, 0.1) is 6.92 Å². The van der Waals surface area contributed by atoms with Crippen molar-refractivity contribution in [3.8, 4) is 22.6 Å². The lowest BCUT2D eigenvalue weighted by atomic mass is 10.1. The van der Waals surface area contributed by atoms with Crippen molar-refractivity contribution in [1.29, 1.82) is 0 Å². The van der Waals surface area contributed by atoms with Crippen molar-refractivity contribution in [2.75, 3.05) is 5.32 Å². The zero-order valence-corrected chi connectivity index (χ0v) is 15.9. The number of aryl methyl sites for hydroxylation is 1. The molecule has 0 spiro atoms. The molecule has 0 aliphatic rings. The maximum atomic E-state index is 12.5. The quantitative estimate of drug-likeness (QED) is 0.494. The van der Waals surface area contributed by atoms with E-state index in [9.17, 15) is 4.79 Å². The first-order valence-corrected chi connectivity index (χ1v) is 9.11. The van der Waals surface area contributed by atoms with Gasteiger partial charge < -0.3 is 10.3 Å². The number of benzene rings is 2. The van der Waals surface area contributed by atoms with E-state index >= 15 is 0 Å². The molecule has 5 nitrogen and oxygen atoms in total. The number of hydrogen-bond acceptors (Lipinski definition) is 3. The number of rotatable bonds is 4. The summed E-state index contributed by atoms with van der Waals surface area (Å²) in [5, 5.41) is 3.43. The molecule has 4 rings (SSSR count). The third-order valence-electron chi connectivity index (χ3n) is 4.28. The number of H-pyrrole nitrogens is 1. The number of amides is 1. The normalized spacial score (nSPS) is 10.6. The van der Waals surface area contributed by atoms with E-state index in [1.54, 1.807) is 36.7 Å². The lowest BCUT2D eigenvalue weighted by Crippen LogP contribution is -2.12. The molecule has 6 heteroatoms. The highest BCUT2D eigenvalue weighted by Crippen LogP contribution is 2.30. The van der Waals surface area contributed by atoms with Crippen molar-refractivity contribution in [2.24, 2.45) is 0 Å². The van der Waals surface area contributed by atoms with Crippen molar-refractivity contribution in [2.45, 2.75) is 6.92 Å². The van der Waals surface area contributed by atoms with Crippen molar-refractivity contribution in [1.82, 2.24) is 15.0 Å². The van der Waals surface area contributed by atoms with Crippen LogP contribution in [0.1, 0.15) is 15.9 Å². The Morgan fingerprint density at radius 3 is 2.64 bits per heavy atom. The number of aromatic amines is 1.